The minimum absolute atomic E-state index is 0.0423. The van der Waals surface area contributed by atoms with E-state index in [4.69, 9.17) is 0 Å². The lowest BCUT2D eigenvalue weighted by Gasteiger charge is -2.26. The third-order valence-corrected chi connectivity index (χ3v) is 4.26. The average molecular weight is 298 g/mol. The zero-order chi connectivity index (χ0) is 15.7. The zero-order valence-corrected chi connectivity index (χ0v) is 13.4. The van der Waals surface area contributed by atoms with E-state index in [1.807, 2.05) is 38.2 Å². The summed E-state index contributed by atoms with van der Waals surface area (Å²) in [6, 6.07) is 5.99. The number of piperazine rings is 1. The van der Waals surface area contributed by atoms with Gasteiger partial charge < -0.3 is 10.2 Å². The molecule has 0 saturated carbocycles. The van der Waals surface area contributed by atoms with Gasteiger partial charge in [0.05, 0.1) is 17.0 Å². The Morgan fingerprint density at radius 3 is 2.55 bits per heavy atom. The Kier molecular flexibility index (Phi) is 3.98. The van der Waals surface area contributed by atoms with E-state index in [0.29, 0.717) is 5.57 Å². The van der Waals surface area contributed by atoms with E-state index in [9.17, 15) is 4.79 Å². The van der Waals surface area contributed by atoms with Crippen molar-refractivity contribution in [3.63, 3.8) is 0 Å². The Bertz CT molecular complexity index is 657. The molecule has 0 spiro atoms. The average Bonchev–Trinajstić information content (AvgIpc) is 2.79. The van der Waals surface area contributed by atoms with Gasteiger partial charge in [-0.05, 0) is 44.0 Å². The molecule has 1 saturated heterocycles. The predicted molar refractivity (Wildman–Crippen MR) is 89.0 cm³/mol. The molecule has 0 aliphatic carbocycles. The van der Waals surface area contributed by atoms with Crippen LogP contribution in [0.3, 0.4) is 0 Å². The van der Waals surface area contributed by atoms with E-state index in [-0.39, 0.29) is 5.91 Å². The van der Waals surface area contributed by atoms with Gasteiger partial charge in [-0.1, -0.05) is 6.07 Å². The van der Waals surface area contributed by atoms with Crippen LogP contribution in [0.2, 0.25) is 0 Å². The molecule has 116 valence electrons. The van der Waals surface area contributed by atoms with Crippen LogP contribution >= 0.6 is 0 Å². The van der Waals surface area contributed by atoms with Crippen LogP contribution in [0.25, 0.3) is 0 Å². The van der Waals surface area contributed by atoms with Gasteiger partial charge in [0.1, 0.15) is 0 Å². The highest BCUT2D eigenvalue weighted by molar-refractivity contribution is 6.29. The summed E-state index contributed by atoms with van der Waals surface area (Å²) < 4.78 is 0. The van der Waals surface area contributed by atoms with Crippen molar-refractivity contribution in [1.82, 2.24) is 10.2 Å². The molecule has 0 atom stereocenters. The summed E-state index contributed by atoms with van der Waals surface area (Å²) in [5.74, 6) is -0.0423. The van der Waals surface area contributed by atoms with Crippen LogP contribution in [0.15, 0.2) is 35.1 Å². The Morgan fingerprint density at radius 1 is 1.14 bits per heavy atom. The normalized spacial score (nSPS) is 20.8. The van der Waals surface area contributed by atoms with Crippen LogP contribution in [0.1, 0.15) is 18.1 Å². The molecule has 0 bridgehead atoms. The number of carbonyl (C=O) groups excluding carboxylic acids is 1. The van der Waals surface area contributed by atoms with Crippen LogP contribution in [0.4, 0.5) is 5.69 Å². The molecule has 2 aliphatic heterocycles. The number of amides is 1. The van der Waals surface area contributed by atoms with Gasteiger partial charge in [-0.15, -0.1) is 0 Å². The topological polar surface area (TPSA) is 47.9 Å². The minimum atomic E-state index is -0.0423. The van der Waals surface area contributed by atoms with Crippen LogP contribution in [0.5, 0.6) is 0 Å². The van der Waals surface area contributed by atoms with Gasteiger partial charge >= 0.3 is 0 Å². The lowest BCUT2D eigenvalue weighted by atomic mass is 10.1. The maximum atomic E-state index is 12.7. The third kappa shape index (κ3) is 2.76. The minimum Gasteiger partial charge on any atom is -0.374 e. The smallest absolute Gasteiger partial charge is 0.282 e. The van der Waals surface area contributed by atoms with Crippen LogP contribution in [-0.2, 0) is 4.79 Å². The first-order valence-corrected chi connectivity index (χ1v) is 7.70. The van der Waals surface area contributed by atoms with Gasteiger partial charge in [0.2, 0.25) is 0 Å². The van der Waals surface area contributed by atoms with Crippen LogP contribution in [-0.4, -0.2) is 42.7 Å². The van der Waals surface area contributed by atoms with Crippen LogP contribution in [0, 0.1) is 13.8 Å². The highest BCUT2D eigenvalue weighted by atomic mass is 16.2. The van der Waals surface area contributed by atoms with E-state index in [2.05, 4.69) is 22.2 Å². The molecule has 5 nitrogen and oxygen atoms in total. The Balaban J connectivity index is 1.85. The third-order valence-electron chi connectivity index (χ3n) is 4.26. The molecular weight excluding hydrogens is 276 g/mol. The maximum absolute atomic E-state index is 12.7. The number of anilines is 1. The molecular formula is C17H22N4O. The van der Waals surface area contributed by atoms with Crippen molar-refractivity contribution in [2.45, 2.75) is 20.8 Å². The Hall–Kier alpha value is -2.14. The van der Waals surface area contributed by atoms with Crippen LogP contribution < -0.4 is 10.3 Å². The lowest BCUT2D eigenvalue weighted by Crippen LogP contribution is -2.41. The van der Waals surface area contributed by atoms with Gasteiger partial charge in [0, 0.05) is 32.4 Å². The number of benzene rings is 1. The molecule has 5 heteroatoms. The predicted octanol–water partition coefficient (Wildman–Crippen LogP) is 1.82. The number of rotatable bonds is 2. The summed E-state index contributed by atoms with van der Waals surface area (Å²) in [5.41, 5.74) is 4.68. The van der Waals surface area contributed by atoms with Crippen molar-refractivity contribution < 1.29 is 4.79 Å². The number of hydrogen-bond donors (Lipinski definition) is 1. The fraction of sp³-hybridized carbons (Fsp3) is 0.412. The molecule has 1 aromatic rings. The second-order valence-electron chi connectivity index (χ2n) is 5.90. The van der Waals surface area contributed by atoms with Crippen molar-refractivity contribution >= 4 is 17.3 Å². The first kappa shape index (κ1) is 14.8. The SMILES string of the molecule is CC1=NN(c2ccc(C)c(C)c2)C(=O)C1=CN1CCNCC1. The number of nitrogens with one attached hydrogen (secondary N) is 1. The van der Waals surface area contributed by atoms with E-state index < -0.39 is 0 Å². The summed E-state index contributed by atoms with van der Waals surface area (Å²) in [6.45, 7) is 9.76. The summed E-state index contributed by atoms with van der Waals surface area (Å²) in [5, 5.41) is 9.27. The molecule has 22 heavy (non-hydrogen) atoms. The Morgan fingerprint density at radius 2 is 1.86 bits per heavy atom. The highest BCUT2D eigenvalue weighted by Gasteiger charge is 2.29. The van der Waals surface area contributed by atoms with E-state index >= 15 is 0 Å². The molecule has 3 rings (SSSR count). The lowest BCUT2D eigenvalue weighted by molar-refractivity contribution is -0.114. The molecule has 1 amide bonds. The number of carbonyl (C=O) groups is 1. The first-order chi connectivity index (χ1) is 10.6. The van der Waals surface area contributed by atoms with E-state index in [0.717, 1.165) is 43.1 Å². The second kappa shape index (κ2) is 5.93. The number of hydrogen-bond acceptors (Lipinski definition) is 4. The molecule has 0 aromatic heterocycles. The van der Waals surface area contributed by atoms with Crippen molar-refractivity contribution in [2.75, 3.05) is 31.2 Å². The second-order valence-corrected chi connectivity index (χ2v) is 5.90. The fourth-order valence-corrected chi connectivity index (χ4v) is 2.69. The molecule has 1 aromatic carbocycles. The Labute approximate surface area is 131 Å². The molecule has 1 N–H and O–H groups in total. The summed E-state index contributed by atoms with van der Waals surface area (Å²) >= 11 is 0. The van der Waals surface area contributed by atoms with E-state index in [1.165, 1.54) is 10.6 Å². The molecule has 2 aliphatic rings. The van der Waals surface area contributed by atoms with Gasteiger partial charge in [-0.25, -0.2) is 0 Å². The van der Waals surface area contributed by atoms with Gasteiger partial charge in [0.15, 0.2) is 0 Å². The monoisotopic (exact) mass is 298 g/mol. The van der Waals surface area contributed by atoms with Crippen molar-refractivity contribution in [3.05, 3.63) is 41.1 Å². The fourth-order valence-electron chi connectivity index (χ4n) is 2.69. The van der Waals surface area contributed by atoms with Crippen molar-refractivity contribution in [2.24, 2.45) is 5.10 Å². The number of hydrazone groups is 1. The summed E-state index contributed by atoms with van der Waals surface area (Å²) in [6.07, 6.45) is 1.96. The number of nitrogens with zero attached hydrogens (tertiary/aromatic N) is 3. The molecule has 0 unspecified atom stereocenters. The highest BCUT2D eigenvalue weighted by Crippen LogP contribution is 2.25. The quantitative estimate of drug-likeness (QED) is 0.847. The molecule has 0 radical (unpaired) electrons. The summed E-state index contributed by atoms with van der Waals surface area (Å²) in [4.78, 5) is 14.9. The van der Waals surface area contributed by atoms with Crippen molar-refractivity contribution in [3.8, 4) is 0 Å². The summed E-state index contributed by atoms with van der Waals surface area (Å²) in [7, 11) is 0. The van der Waals surface area contributed by atoms with Gasteiger partial charge in [0.25, 0.3) is 5.91 Å². The van der Waals surface area contributed by atoms with E-state index in [1.54, 1.807) is 0 Å². The number of aryl methyl sites for hydroxylation is 2. The first-order valence-electron chi connectivity index (χ1n) is 7.70. The zero-order valence-electron chi connectivity index (χ0n) is 13.4. The van der Waals surface area contributed by atoms with Gasteiger partial charge in [-0.2, -0.15) is 10.1 Å². The van der Waals surface area contributed by atoms with Gasteiger partial charge in [-0.3, -0.25) is 4.79 Å². The molecule has 2 heterocycles. The maximum Gasteiger partial charge on any atom is 0.282 e. The molecule has 1 fully saturated rings. The largest absolute Gasteiger partial charge is 0.374 e. The van der Waals surface area contributed by atoms with Crippen molar-refractivity contribution in [1.29, 1.82) is 0 Å². The standard InChI is InChI=1S/C17H22N4O/c1-12-4-5-15(10-13(12)2)21-17(22)16(14(3)19-21)11-20-8-6-18-7-9-20/h4-5,10-11,18H,6-9H2,1-3H3.